The van der Waals surface area contributed by atoms with Crippen molar-refractivity contribution in [2.75, 3.05) is 12.8 Å². The van der Waals surface area contributed by atoms with Crippen LogP contribution in [0.25, 0.3) is 0 Å². The molecule has 0 radical (unpaired) electrons. The number of hydrogen-bond acceptors (Lipinski definition) is 6. The summed E-state index contributed by atoms with van der Waals surface area (Å²) in [6.45, 7) is 11.3. The monoisotopic (exact) mass is 535 g/mol. The summed E-state index contributed by atoms with van der Waals surface area (Å²) >= 11 is 0. The molecule has 0 bridgehead atoms. The van der Waals surface area contributed by atoms with E-state index in [1.165, 1.54) is 6.26 Å². The van der Waals surface area contributed by atoms with Crippen LogP contribution in [0.4, 0.5) is 0 Å². The summed E-state index contributed by atoms with van der Waals surface area (Å²) in [4.78, 5) is 9.29. The average molecular weight is 535 g/mol. The van der Waals surface area contributed by atoms with Crippen molar-refractivity contribution in [3.63, 3.8) is 0 Å². The van der Waals surface area contributed by atoms with Crippen LogP contribution in [0.15, 0.2) is 32.6 Å². The molecule has 0 amide bonds. The number of sulfone groups is 1. The third-order valence-electron chi connectivity index (χ3n) is 3.93. The van der Waals surface area contributed by atoms with Gasteiger partial charge in [-0.1, -0.05) is 38.1 Å². The number of nitrogens with zero attached hydrogens (tertiary/aromatic N) is 3. The van der Waals surface area contributed by atoms with Gasteiger partial charge in [0.15, 0.2) is 21.6 Å². The van der Waals surface area contributed by atoms with E-state index in [4.69, 9.17) is 4.52 Å². The van der Waals surface area contributed by atoms with Crippen molar-refractivity contribution < 1.29 is 12.9 Å². The molecule has 0 atom stereocenters. The molecule has 0 saturated carbocycles. The maximum Gasteiger partial charge on any atom is 0.232 e. The highest BCUT2D eigenvalue weighted by atomic mass is 127. The van der Waals surface area contributed by atoms with Gasteiger partial charge in [0, 0.05) is 18.2 Å². The van der Waals surface area contributed by atoms with E-state index in [1.54, 1.807) is 19.1 Å². The number of benzene rings is 1. The molecule has 29 heavy (non-hydrogen) atoms. The third-order valence-corrected chi connectivity index (χ3v) is 5.18. The van der Waals surface area contributed by atoms with Crippen LogP contribution >= 0.6 is 24.0 Å². The first-order valence-corrected chi connectivity index (χ1v) is 11.0. The Hall–Kier alpha value is -1.69. The van der Waals surface area contributed by atoms with Gasteiger partial charge in [0.25, 0.3) is 0 Å². The van der Waals surface area contributed by atoms with Gasteiger partial charge < -0.3 is 15.2 Å². The van der Waals surface area contributed by atoms with E-state index in [1.807, 2.05) is 33.8 Å². The number of halogens is 1. The first kappa shape index (κ1) is 25.3. The van der Waals surface area contributed by atoms with Gasteiger partial charge in [-0.25, -0.2) is 13.4 Å². The normalized spacial score (nSPS) is 12.4. The van der Waals surface area contributed by atoms with Crippen molar-refractivity contribution >= 4 is 39.8 Å². The molecule has 2 aromatic rings. The van der Waals surface area contributed by atoms with Crippen LogP contribution in [0.1, 0.15) is 50.5 Å². The number of aromatic nitrogens is 2. The smallest absolute Gasteiger partial charge is 0.232 e. The Morgan fingerprint density at radius 3 is 2.45 bits per heavy atom. The first-order chi connectivity index (χ1) is 13.0. The molecule has 0 unspecified atom stereocenters. The Labute approximate surface area is 189 Å². The Bertz CT molecular complexity index is 949. The quantitative estimate of drug-likeness (QED) is 0.333. The van der Waals surface area contributed by atoms with Gasteiger partial charge in [0.05, 0.1) is 18.0 Å². The molecule has 1 aromatic heterocycles. The highest BCUT2D eigenvalue weighted by molar-refractivity contribution is 14.0. The zero-order valence-electron chi connectivity index (χ0n) is 17.7. The molecular formula is C19H30IN5O3S. The standard InChI is InChI=1S/C19H29N5O3S.HI/c1-7-20-18(22-12-16-23-17(27-24-16)19(3,4)5)21-11-14-8-9-15(13(2)10-14)28(6,25)26;/h8-10H,7,11-12H2,1-6H3,(H2,20,21,22);1H. The maximum absolute atomic E-state index is 11.7. The summed E-state index contributed by atoms with van der Waals surface area (Å²) in [6.07, 6.45) is 1.21. The van der Waals surface area contributed by atoms with Gasteiger partial charge in [-0.05, 0) is 31.0 Å². The van der Waals surface area contributed by atoms with Gasteiger partial charge >= 0.3 is 0 Å². The second kappa shape index (κ2) is 10.4. The van der Waals surface area contributed by atoms with Crippen molar-refractivity contribution in [3.8, 4) is 0 Å². The molecule has 0 saturated heterocycles. The van der Waals surface area contributed by atoms with Gasteiger partial charge in [0.1, 0.15) is 0 Å². The Morgan fingerprint density at radius 1 is 1.24 bits per heavy atom. The summed E-state index contributed by atoms with van der Waals surface area (Å²) in [5.74, 6) is 1.77. The highest BCUT2D eigenvalue weighted by Crippen LogP contribution is 2.19. The van der Waals surface area contributed by atoms with Gasteiger partial charge in [-0.2, -0.15) is 4.98 Å². The lowest BCUT2D eigenvalue weighted by molar-refractivity contribution is 0.318. The molecule has 2 rings (SSSR count). The van der Waals surface area contributed by atoms with Crippen LogP contribution in [0.5, 0.6) is 0 Å². The van der Waals surface area contributed by atoms with Crippen molar-refractivity contribution in [2.24, 2.45) is 4.99 Å². The van der Waals surface area contributed by atoms with Gasteiger partial charge in [-0.3, -0.25) is 0 Å². The zero-order chi connectivity index (χ0) is 20.9. The van der Waals surface area contributed by atoms with Crippen LogP contribution in [0, 0.1) is 6.92 Å². The summed E-state index contributed by atoms with van der Waals surface area (Å²) in [7, 11) is -3.22. The number of hydrogen-bond donors (Lipinski definition) is 2. The molecule has 0 aliphatic rings. The largest absolute Gasteiger partial charge is 0.357 e. The van der Waals surface area contributed by atoms with Crippen LogP contribution in [0.3, 0.4) is 0 Å². The van der Waals surface area contributed by atoms with Crippen LogP contribution < -0.4 is 10.6 Å². The van der Waals surface area contributed by atoms with Crippen molar-refractivity contribution in [2.45, 2.75) is 58.0 Å². The van der Waals surface area contributed by atoms with E-state index in [2.05, 4.69) is 25.8 Å². The minimum absolute atomic E-state index is 0. The first-order valence-electron chi connectivity index (χ1n) is 9.15. The fourth-order valence-corrected chi connectivity index (χ4v) is 3.49. The predicted octanol–water partition coefficient (Wildman–Crippen LogP) is 2.95. The fourth-order valence-electron chi connectivity index (χ4n) is 2.53. The molecule has 8 nitrogen and oxygen atoms in total. The molecule has 2 N–H and O–H groups in total. The van der Waals surface area contributed by atoms with E-state index >= 15 is 0 Å². The van der Waals surface area contributed by atoms with Crippen molar-refractivity contribution in [3.05, 3.63) is 41.0 Å². The molecule has 10 heteroatoms. The molecule has 162 valence electrons. The molecule has 1 aromatic carbocycles. The third kappa shape index (κ3) is 7.57. The average Bonchev–Trinajstić information content (AvgIpc) is 3.05. The van der Waals surface area contributed by atoms with Crippen LogP contribution in [-0.4, -0.2) is 37.3 Å². The predicted molar refractivity (Wildman–Crippen MR) is 124 cm³/mol. The van der Waals surface area contributed by atoms with Crippen LogP contribution in [0.2, 0.25) is 0 Å². The summed E-state index contributed by atoms with van der Waals surface area (Å²) in [5, 5.41) is 10.3. The number of aliphatic imine (C=N–C) groups is 1. The van der Waals surface area contributed by atoms with Gasteiger partial charge in [-0.15, -0.1) is 24.0 Å². The second-order valence-corrected chi connectivity index (χ2v) is 9.67. The molecule has 0 aliphatic heterocycles. The number of nitrogens with one attached hydrogen (secondary N) is 2. The number of guanidine groups is 1. The topological polar surface area (TPSA) is 109 Å². The lowest BCUT2D eigenvalue weighted by Gasteiger charge is -2.11. The summed E-state index contributed by atoms with van der Waals surface area (Å²) < 4.78 is 28.8. The number of aryl methyl sites for hydroxylation is 1. The minimum Gasteiger partial charge on any atom is -0.357 e. The highest BCUT2D eigenvalue weighted by Gasteiger charge is 2.21. The fraction of sp³-hybridized carbons (Fsp3) is 0.526. The summed E-state index contributed by atoms with van der Waals surface area (Å²) in [6, 6.07) is 5.26. The van der Waals surface area contributed by atoms with Gasteiger partial charge in [0.2, 0.25) is 5.89 Å². The molecule has 1 heterocycles. The maximum atomic E-state index is 11.7. The molecule has 0 spiro atoms. The number of rotatable bonds is 6. The lowest BCUT2D eigenvalue weighted by Crippen LogP contribution is -2.37. The van der Waals surface area contributed by atoms with E-state index < -0.39 is 9.84 Å². The zero-order valence-corrected chi connectivity index (χ0v) is 20.9. The summed E-state index contributed by atoms with van der Waals surface area (Å²) in [5.41, 5.74) is 1.45. The molecule has 0 fully saturated rings. The minimum atomic E-state index is -3.22. The lowest BCUT2D eigenvalue weighted by atomic mass is 9.97. The van der Waals surface area contributed by atoms with Crippen LogP contribution in [-0.2, 0) is 28.3 Å². The van der Waals surface area contributed by atoms with Crippen molar-refractivity contribution in [1.29, 1.82) is 0 Å². The molecular weight excluding hydrogens is 505 g/mol. The van der Waals surface area contributed by atoms with E-state index in [9.17, 15) is 8.42 Å². The Kier molecular flexibility index (Phi) is 9.07. The van der Waals surface area contributed by atoms with E-state index in [0.29, 0.717) is 42.2 Å². The SMILES string of the molecule is CCNC(=NCc1ccc(S(C)(=O)=O)c(C)c1)NCc1noc(C(C)(C)C)n1.I. The van der Waals surface area contributed by atoms with Crippen molar-refractivity contribution in [1.82, 2.24) is 20.8 Å². The molecule has 0 aliphatic carbocycles. The Morgan fingerprint density at radius 2 is 1.93 bits per heavy atom. The van der Waals surface area contributed by atoms with E-state index in [-0.39, 0.29) is 29.4 Å². The second-order valence-electron chi connectivity index (χ2n) is 7.69. The Balaban J connectivity index is 0.00000420. The van der Waals surface area contributed by atoms with E-state index in [0.717, 1.165) is 11.1 Å².